The molecule has 9 heteroatoms. The van der Waals surface area contributed by atoms with Crippen LogP contribution in [0.1, 0.15) is 18.4 Å². The third-order valence-electron chi connectivity index (χ3n) is 2.91. The lowest BCUT2D eigenvalue weighted by atomic mass is 10.1. The molecular formula is C12H15N3O5S. The van der Waals surface area contributed by atoms with Crippen LogP contribution in [0.5, 0.6) is 0 Å². The molecule has 1 unspecified atom stereocenters. The summed E-state index contributed by atoms with van der Waals surface area (Å²) in [6.07, 6.45) is 4.55. The molecule has 1 aromatic heterocycles. The Balaban J connectivity index is 2.09. The van der Waals surface area contributed by atoms with E-state index in [1.807, 2.05) is 0 Å². The van der Waals surface area contributed by atoms with Gasteiger partial charge in [0.1, 0.15) is 6.04 Å². The number of hydrogen-bond donors (Lipinski definition) is 2. The van der Waals surface area contributed by atoms with Crippen molar-refractivity contribution < 1.29 is 22.2 Å². The molecule has 0 aliphatic carbocycles. The lowest BCUT2D eigenvalue weighted by Crippen LogP contribution is -2.47. The Hall–Kier alpha value is -2.00. The van der Waals surface area contributed by atoms with Crippen molar-refractivity contribution in [3.05, 3.63) is 24.0 Å². The number of nitrogens with zero attached hydrogens (tertiary/aromatic N) is 1. The summed E-state index contributed by atoms with van der Waals surface area (Å²) in [5.74, 6) is -0.713. The Morgan fingerprint density at radius 1 is 1.48 bits per heavy atom. The van der Waals surface area contributed by atoms with Gasteiger partial charge in [-0.05, 0) is 12.5 Å². The van der Waals surface area contributed by atoms with Crippen molar-refractivity contribution in [3.8, 4) is 0 Å². The fourth-order valence-corrected chi connectivity index (χ4v) is 2.21. The molecule has 114 valence electrons. The summed E-state index contributed by atoms with van der Waals surface area (Å²) < 4.78 is 26.8. The summed E-state index contributed by atoms with van der Waals surface area (Å²) in [6, 6.07) is 1.03. The number of rotatable bonds is 5. The van der Waals surface area contributed by atoms with Crippen LogP contribution in [0.4, 0.5) is 5.69 Å². The summed E-state index contributed by atoms with van der Waals surface area (Å²) in [4.78, 5) is 26.7. The predicted molar refractivity (Wildman–Crippen MR) is 73.7 cm³/mol. The van der Waals surface area contributed by atoms with Crippen LogP contribution < -0.4 is 10.6 Å². The van der Waals surface area contributed by atoms with Crippen molar-refractivity contribution in [1.82, 2.24) is 10.3 Å². The Kier molecular flexibility index (Phi) is 4.53. The standard InChI is InChI=1S/C12H15N3O5S/c1-21(18,19)20-7-8-4-5-13-6-10(8)14-9-2-3-11(16)15-12(9)17/h4-6,9,14H,2-3,7H2,1H3,(H,15,16,17). The van der Waals surface area contributed by atoms with Crippen LogP contribution in [0, 0.1) is 0 Å². The summed E-state index contributed by atoms with van der Waals surface area (Å²) in [5, 5.41) is 5.19. The van der Waals surface area contributed by atoms with Gasteiger partial charge in [0.15, 0.2) is 0 Å². The second-order valence-corrected chi connectivity index (χ2v) is 6.29. The molecule has 0 radical (unpaired) electrons. The van der Waals surface area contributed by atoms with Gasteiger partial charge in [0.25, 0.3) is 10.1 Å². The maximum absolute atomic E-state index is 11.7. The predicted octanol–water partition coefficient (Wildman–Crippen LogP) is -0.225. The number of carbonyl (C=O) groups is 2. The largest absolute Gasteiger partial charge is 0.372 e. The first-order valence-corrected chi connectivity index (χ1v) is 8.04. The Morgan fingerprint density at radius 3 is 2.90 bits per heavy atom. The normalized spacial score (nSPS) is 19.2. The van der Waals surface area contributed by atoms with E-state index < -0.39 is 22.1 Å². The van der Waals surface area contributed by atoms with E-state index in [-0.39, 0.29) is 18.9 Å². The van der Waals surface area contributed by atoms with E-state index in [2.05, 4.69) is 15.6 Å². The highest BCUT2D eigenvalue weighted by Crippen LogP contribution is 2.19. The number of hydrogen-bond acceptors (Lipinski definition) is 7. The highest BCUT2D eigenvalue weighted by atomic mass is 32.2. The fraction of sp³-hybridized carbons (Fsp3) is 0.417. The van der Waals surface area contributed by atoms with E-state index in [1.165, 1.54) is 12.4 Å². The van der Waals surface area contributed by atoms with Crippen LogP contribution in [-0.2, 0) is 30.5 Å². The summed E-state index contributed by atoms with van der Waals surface area (Å²) in [6.45, 7) is -0.156. The highest BCUT2D eigenvalue weighted by molar-refractivity contribution is 7.85. The molecule has 1 aliphatic rings. The lowest BCUT2D eigenvalue weighted by molar-refractivity contribution is -0.133. The molecule has 2 rings (SSSR count). The molecule has 21 heavy (non-hydrogen) atoms. The number of anilines is 1. The van der Waals surface area contributed by atoms with Gasteiger partial charge in [-0.2, -0.15) is 8.42 Å². The lowest BCUT2D eigenvalue weighted by Gasteiger charge is -2.23. The Morgan fingerprint density at radius 2 is 2.24 bits per heavy atom. The molecule has 0 spiro atoms. The van der Waals surface area contributed by atoms with Crippen molar-refractivity contribution in [3.63, 3.8) is 0 Å². The first-order valence-electron chi connectivity index (χ1n) is 6.22. The van der Waals surface area contributed by atoms with Crippen LogP contribution in [0.3, 0.4) is 0 Å². The van der Waals surface area contributed by atoms with Crippen LogP contribution in [0.25, 0.3) is 0 Å². The SMILES string of the molecule is CS(=O)(=O)OCc1ccncc1NC1CCC(=O)NC1=O. The van der Waals surface area contributed by atoms with E-state index in [0.29, 0.717) is 17.7 Å². The Bertz CT molecular complexity index is 659. The quantitative estimate of drug-likeness (QED) is 0.570. The van der Waals surface area contributed by atoms with Crippen LogP contribution >= 0.6 is 0 Å². The fourth-order valence-electron chi connectivity index (χ4n) is 1.87. The average Bonchev–Trinajstić information content (AvgIpc) is 2.40. The van der Waals surface area contributed by atoms with Gasteiger partial charge in [0.05, 0.1) is 24.7 Å². The molecule has 1 aromatic rings. The van der Waals surface area contributed by atoms with Crippen LogP contribution in [0.15, 0.2) is 18.5 Å². The molecule has 2 amide bonds. The van der Waals surface area contributed by atoms with Gasteiger partial charge in [-0.15, -0.1) is 0 Å². The zero-order valence-electron chi connectivity index (χ0n) is 11.3. The second-order valence-electron chi connectivity index (χ2n) is 4.65. The second kappa shape index (κ2) is 6.19. The van der Waals surface area contributed by atoms with Crippen molar-refractivity contribution in [2.45, 2.75) is 25.5 Å². The molecule has 2 heterocycles. The number of imide groups is 1. The van der Waals surface area contributed by atoms with Gasteiger partial charge in [-0.1, -0.05) is 0 Å². The molecular weight excluding hydrogens is 298 g/mol. The number of pyridine rings is 1. The number of nitrogens with one attached hydrogen (secondary N) is 2. The zero-order chi connectivity index (χ0) is 15.5. The highest BCUT2D eigenvalue weighted by Gasteiger charge is 2.26. The molecule has 0 bridgehead atoms. The van der Waals surface area contributed by atoms with Crippen molar-refractivity contribution in [1.29, 1.82) is 0 Å². The van der Waals surface area contributed by atoms with Crippen molar-refractivity contribution in [2.75, 3.05) is 11.6 Å². The van der Waals surface area contributed by atoms with Crippen LogP contribution in [0.2, 0.25) is 0 Å². The minimum absolute atomic E-state index is 0.156. The van der Waals surface area contributed by atoms with Gasteiger partial charge in [0.2, 0.25) is 11.8 Å². The van der Waals surface area contributed by atoms with E-state index in [4.69, 9.17) is 4.18 Å². The number of piperidine rings is 1. The number of aromatic nitrogens is 1. The van der Waals surface area contributed by atoms with Crippen molar-refractivity contribution >= 4 is 27.6 Å². The van der Waals surface area contributed by atoms with E-state index in [9.17, 15) is 18.0 Å². The number of carbonyl (C=O) groups excluding carboxylic acids is 2. The molecule has 1 aliphatic heterocycles. The monoisotopic (exact) mass is 313 g/mol. The van der Waals surface area contributed by atoms with Gasteiger partial charge >= 0.3 is 0 Å². The first-order chi connectivity index (χ1) is 9.85. The molecule has 8 nitrogen and oxygen atoms in total. The van der Waals surface area contributed by atoms with E-state index in [0.717, 1.165) is 6.26 Å². The first kappa shape index (κ1) is 15.4. The third-order valence-corrected chi connectivity index (χ3v) is 3.45. The number of amides is 2. The van der Waals surface area contributed by atoms with Gasteiger partial charge in [-0.25, -0.2) is 0 Å². The molecule has 1 fully saturated rings. The topological polar surface area (TPSA) is 114 Å². The maximum atomic E-state index is 11.7. The Labute approximate surface area is 122 Å². The van der Waals surface area contributed by atoms with Crippen LogP contribution in [-0.4, -0.2) is 37.5 Å². The summed E-state index contributed by atoms with van der Waals surface area (Å²) >= 11 is 0. The van der Waals surface area contributed by atoms with E-state index >= 15 is 0 Å². The minimum atomic E-state index is -3.56. The molecule has 2 N–H and O–H groups in total. The zero-order valence-corrected chi connectivity index (χ0v) is 12.1. The average molecular weight is 313 g/mol. The molecule has 1 atom stereocenters. The van der Waals surface area contributed by atoms with Crippen molar-refractivity contribution in [2.24, 2.45) is 0 Å². The molecule has 1 saturated heterocycles. The summed E-state index contributed by atoms with van der Waals surface area (Å²) in [5.41, 5.74) is 1.05. The minimum Gasteiger partial charge on any atom is -0.372 e. The summed E-state index contributed by atoms with van der Waals surface area (Å²) in [7, 11) is -3.56. The van der Waals surface area contributed by atoms with E-state index in [1.54, 1.807) is 6.07 Å². The van der Waals surface area contributed by atoms with Gasteiger partial charge < -0.3 is 5.32 Å². The van der Waals surface area contributed by atoms with Gasteiger partial charge in [0, 0.05) is 18.2 Å². The maximum Gasteiger partial charge on any atom is 0.264 e. The third kappa shape index (κ3) is 4.50. The molecule has 0 aromatic carbocycles. The molecule has 0 saturated carbocycles. The smallest absolute Gasteiger partial charge is 0.264 e. The van der Waals surface area contributed by atoms with Gasteiger partial charge in [-0.3, -0.25) is 24.1 Å².